The molecule has 0 spiro atoms. The van der Waals surface area contributed by atoms with Gasteiger partial charge in [0.05, 0.1) is 11.9 Å². The standard InChI is InChI=1S/C30H35Cl2N3O4S/c1-3-18-33-30(37)28(21-23-9-5-4-6-10-23)34(22-24-11-7-12-26(32)20-24)29(36)13-8-19-35(40(2,38)39)27-16-14-25(31)15-17-27/h4-7,9-12,14-17,20,28H,3,8,13,18-19,21-22H2,1-2H3,(H,33,37)/t28-/m0/s1. The van der Waals surface area contributed by atoms with Crippen LogP contribution in [0, 0.1) is 0 Å². The van der Waals surface area contributed by atoms with E-state index in [-0.39, 0.29) is 37.7 Å². The molecule has 1 atom stereocenters. The molecule has 0 aliphatic carbocycles. The van der Waals surface area contributed by atoms with Gasteiger partial charge in [-0.2, -0.15) is 0 Å². The minimum absolute atomic E-state index is 0.0481. The number of hydrogen-bond acceptors (Lipinski definition) is 4. The molecule has 40 heavy (non-hydrogen) atoms. The van der Waals surface area contributed by atoms with E-state index in [9.17, 15) is 18.0 Å². The molecule has 10 heteroatoms. The van der Waals surface area contributed by atoms with E-state index in [1.165, 1.54) is 4.31 Å². The smallest absolute Gasteiger partial charge is 0.243 e. The molecule has 3 aromatic rings. The summed E-state index contributed by atoms with van der Waals surface area (Å²) in [7, 11) is -3.60. The van der Waals surface area contributed by atoms with E-state index < -0.39 is 16.1 Å². The number of benzene rings is 3. The van der Waals surface area contributed by atoms with Gasteiger partial charge in [-0.15, -0.1) is 0 Å². The zero-order chi connectivity index (χ0) is 29.1. The summed E-state index contributed by atoms with van der Waals surface area (Å²) in [4.78, 5) is 28.8. The minimum Gasteiger partial charge on any atom is -0.354 e. The van der Waals surface area contributed by atoms with Crippen LogP contribution in [-0.4, -0.2) is 50.5 Å². The van der Waals surface area contributed by atoms with Gasteiger partial charge in [-0.3, -0.25) is 13.9 Å². The lowest BCUT2D eigenvalue weighted by molar-refractivity contribution is -0.141. The molecule has 0 unspecified atom stereocenters. The molecule has 0 radical (unpaired) electrons. The van der Waals surface area contributed by atoms with E-state index in [0.29, 0.717) is 28.7 Å². The topological polar surface area (TPSA) is 86.8 Å². The first-order chi connectivity index (χ1) is 19.1. The number of carbonyl (C=O) groups excluding carboxylic acids is 2. The monoisotopic (exact) mass is 603 g/mol. The SMILES string of the molecule is CCCNC(=O)[C@H](Cc1ccccc1)N(Cc1cccc(Cl)c1)C(=O)CCCN(c1ccc(Cl)cc1)S(C)(=O)=O. The predicted molar refractivity (Wildman–Crippen MR) is 162 cm³/mol. The molecule has 3 aromatic carbocycles. The highest BCUT2D eigenvalue weighted by molar-refractivity contribution is 7.92. The number of rotatable bonds is 14. The van der Waals surface area contributed by atoms with Crippen molar-refractivity contribution in [2.24, 2.45) is 0 Å². The second-order valence-electron chi connectivity index (χ2n) is 9.56. The molecular formula is C30H35Cl2N3O4S. The molecule has 0 saturated carbocycles. The van der Waals surface area contributed by atoms with Crippen LogP contribution in [-0.2, 0) is 32.6 Å². The Bertz CT molecular complexity index is 1370. The van der Waals surface area contributed by atoms with E-state index >= 15 is 0 Å². The van der Waals surface area contributed by atoms with Gasteiger partial charge in [0, 0.05) is 42.5 Å². The average molecular weight is 605 g/mol. The number of anilines is 1. The third-order valence-electron chi connectivity index (χ3n) is 6.33. The number of halogens is 2. The molecule has 1 N–H and O–H groups in total. The van der Waals surface area contributed by atoms with Crippen molar-refractivity contribution >= 4 is 50.7 Å². The van der Waals surface area contributed by atoms with Gasteiger partial charge in [0.15, 0.2) is 0 Å². The van der Waals surface area contributed by atoms with Gasteiger partial charge in [0.2, 0.25) is 21.8 Å². The fraction of sp³-hybridized carbons (Fsp3) is 0.333. The maximum Gasteiger partial charge on any atom is 0.243 e. The third kappa shape index (κ3) is 9.54. The second-order valence-corrected chi connectivity index (χ2v) is 12.3. The molecule has 0 aromatic heterocycles. The van der Waals surface area contributed by atoms with Crippen molar-refractivity contribution in [2.75, 3.05) is 23.7 Å². The van der Waals surface area contributed by atoms with Gasteiger partial charge in [-0.25, -0.2) is 8.42 Å². The Morgan fingerprint density at radius 1 is 0.900 bits per heavy atom. The molecule has 0 aliphatic rings. The molecule has 0 heterocycles. The van der Waals surface area contributed by atoms with Gasteiger partial charge in [0.25, 0.3) is 0 Å². The minimum atomic E-state index is -3.60. The maximum absolute atomic E-state index is 13.8. The van der Waals surface area contributed by atoms with Crippen LogP contribution in [0.15, 0.2) is 78.9 Å². The summed E-state index contributed by atoms with van der Waals surface area (Å²) in [6, 6.07) is 22.5. The highest BCUT2D eigenvalue weighted by atomic mass is 35.5. The lowest BCUT2D eigenvalue weighted by Crippen LogP contribution is -2.50. The highest BCUT2D eigenvalue weighted by Gasteiger charge is 2.30. The Hall–Kier alpha value is -3.07. The second kappa shape index (κ2) is 15.1. The van der Waals surface area contributed by atoms with Crippen LogP contribution in [0.25, 0.3) is 0 Å². The normalized spacial score (nSPS) is 12.0. The maximum atomic E-state index is 13.8. The Kier molecular flexibility index (Phi) is 11.9. The van der Waals surface area contributed by atoms with Gasteiger partial charge in [0.1, 0.15) is 6.04 Å². The number of nitrogens with one attached hydrogen (secondary N) is 1. The van der Waals surface area contributed by atoms with Crippen LogP contribution in [0.2, 0.25) is 10.0 Å². The molecule has 7 nitrogen and oxygen atoms in total. The number of hydrogen-bond donors (Lipinski definition) is 1. The third-order valence-corrected chi connectivity index (χ3v) is 8.01. The van der Waals surface area contributed by atoms with Crippen molar-refractivity contribution in [1.29, 1.82) is 0 Å². The van der Waals surface area contributed by atoms with Crippen LogP contribution in [0.3, 0.4) is 0 Å². The summed E-state index contributed by atoms with van der Waals surface area (Å²) < 4.78 is 26.3. The van der Waals surface area contributed by atoms with Crippen LogP contribution >= 0.6 is 23.2 Å². The first-order valence-electron chi connectivity index (χ1n) is 13.2. The summed E-state index contributed by atoms with van der Waals surface area (Å²) in [5, 5.41) is 3.98. The molecule has 3 rings (SSSR count). The Morgan fingerprint density at radius 3 is 2.20 bits per heavy atom. The molecule has 0 bridgehead atoms. The Balaban J connectivity index is 1.86. The molecule has 0 fully saturated rings. The lowest BCUT2D eigenvalue weighted by Gasteiger charge is -2.32. The van der Waals surface area contributed by atoms with Gasteiger partial charge in [-0.1, -0.05) is 72.6 Å². The zero-order valence-corrected chi connectivity index (χ0v) is 25.1. The van der Waals surface area contributed by atoms with Crippen molar-refractivity contribution in [3.63, 3.8) is 0 Å². The number of carbonyl (C=O) groups is 2. The largest absolute Gasteiger partial charge is 0.354 e. The Morgan fingerprint density at radius 2 is 1.57 bits per heavy atom. The summed E-state index contributed by atoms with van der Waals surface area (Å²) in [5.41, 5.74) is 2.19. The average Bonchev–Trinajstić information content (AvgIpc) is 2.92. The van der Waals surface area contributed by atoms with Crippen molar-refractivity contribution in [3.8, 4) is 0 Å². The van der Waals surface area contributed by atoms with Crippen LogP contribution in [0.1, 0.15) is 37.3 Å². The fourth-order valence-corrected chi connectivity index (χ4v) is 5.67. The number of sulfonamides is 1. The summed E-state index contributed by atoms with van der Waals surface area (Å²) >= 11 is 12.2. The molecule has 0 saturated heterocycles. The molecule has 2 amide bonds. The first kappa shape index (κ1) is 31.5. The summed E-state index contributed by atoms with van der Waals surface area (Å²) in [6.07, 6.45) is 2.53. The Labute approximate surface area is 247 Å². The van der Waals surface area contributed by atoms with Crippen molar-refractivity contribution in [2.45, 2.75) is 45.2 Å². The van der Waals surface area contributed by atoms with E-state index in [2.05, 4.69) is 5.32 Å². The van der Waals surface area contributed by atoms with Crippen LogP contribution in [0.5, 0.6) is 0 Å². The van der Waals surface area contributed by atoms with Gasteiger partial charge < -0.3 is 10.2 Å². The van der Waals surface area contributed by atoms with E-state index in [1.54, 1.807) is 47.4 Å². The molecule has 214 valence electrons. The summed E-state index contributed by atoms with van der Waals surface area (Å²) in [5.74, 6) is -0.489. The molecule has 0 aliphatic heterocycles. The van der Waals surface area contributed by atoms with E-state index in [0.717, 1.165) is 23.8 Å². The zero-order valence-electron chi connectivity index (χ0n) is 22.7. The number of amides is 2. The van der Waals surface area contributed by atoms with Crippen molar-refractivity contribution in [3.05, 3.63) is 100 Å². The number of nitrogens with zero attached hydrogens (tertiary/aromatic N) is 2. The summed E-state index contributed by atoms with van der Waals surface area (Å²) in [6.45, 7) is 2.75. The van der Waals surface area contributed by atoms with Crippen molar-refractivity contribution in [1.82, 2.24) is 10.2 Å². The lowest BCUT2D eigenvalue weighted by atomic mass is 10.0. The van der Waals surface area contributed by atoms with E-state index in [4.69, 9.17) is 23.2 Å². The van der Waals surface area contributed by atoms with Crippen molar-refractivity contribution < 1.29 is 18.0 Å². The van der Waals surface area contributed by atoms with Crippen LogP contribution in [0.4, 0.5) is 5.69 Å². The highest BCUT2D eigenvalue weighted by Crippen LogP contribution is 2.22. The quantitative estimate of drug-likeness (QED) is 0.256. The predicted octanol–water partition coefficient (Wildman–Crippen LogP) is 5.71. The van der Waals surface area contributed by atoms with E-state index in [1.807, 2.05) is 43.3 Å². The van der Waals surface area contributed by atoms with Crippen LogP contribution < -0.4 is 9.62 Å². The fourth-order valence-electron chi connectivity index (χ4n) is 4.36. The first-order valence-corrected chi connectivity index (χ1v) is 15.8. The molecular weight excluding hydrogens is 569 g/mol. The van der Waals surface area contributed by atoms with Gasteiger partial charge >= 0.3 is 0 Å². The van der Waals surface area contributed by atoms with Gasteiger partial charge in [-0.05, 0) is 60.4 Å².